The second-order valence-electron chi connectivity index (χ2n) is 2.45. The van der Waals surface area contributed by atoms with Crippen LogP contribution in [0.5, 0.6) is 0 Å². The Labute approximate surface area is 113 Å². The molecule has 1 atom stereocenters. The second-order valence-corrected chi connectivity index (χ2v) is 9.33. The van der Waals surface area contributed by atoms with Gasteiger partial charge in [-0.1, -0.05) is 52.9 Å². The summed E-state index contributed by atoms with van der Waals surface area (Å²) in [6.45, 7) is 0. The van der Waals surface area contributed by atoms with Crippen LogP contribution in [0, 0.1) is 0 Å². The highest BCUT2D eigenvalue weighted by atomic mass is 127. The molecule has 4 heteroatoms. The second kappa shape index (κ2) is 4.74. The van der Waals surface area contributed by atoms with Gasteiger partial charge < -0.3 is 5.73 Å². The van der Waals surface area contributed by atoms with Gasteiger partial charge in [-0.2, -0.15) is 0 Å². The Morgan fingerprint density at radius 1 is 1.17 bits per heavy atom. The quantitative estimate of drug-likeness (QED) is 0.376. The highest BCUT2D eigenvalue weighted by Crippen LogP contribution is 2.41. The third-order valence-corrected chi connectivity index (χ3v) is 6.76. The van der Waals surface area contributed by atoms with Gasteiger partial charge in [-0.05, 0) is 50.7 Å². The molecule has 1 unspecified atom stereocenters. The fraction of sp³-hybridized carbons (Fsp3) is 0.250. The Morgan fingerprint density at radius 2 is 1.67 bits per heavy atom. The van der Waals surface area contributed by atoms with E-state index in [1.165, 1.54) is 5.56 Å². The van der Waals surface area contributed by atoms with Crippen molar-refractivity contribution in [3.05, 3.63) is 35.9 Å². The molecule has 1 aromatic rings. The average Bonchev–Trinajstić information content (AvgIpc) is 2.03. The standard InChI is InChI=1S/C8H8I3N/c9-7(8(10,11)12)6-4-2-1-3-5-6/h1-5,7H,12H2. The van der Waals surface area contributed by atoms with Gasteiger partial charge in [0.2, 0.25) is 0 Å². The minimum absolute atomic E-state index is 0.211. The number of alkyl halides is 3. The normalized spacial score (nSPS) is 14.3. The minimum Gasteiger partial charge on any atom is -0.308 e. The van der Waals surface area contributed by atoms with Gasteiger partial charge in [0.1, 0.15) is 1.55 Å². The van der Waals surface area contributed by atoms with Crippen molar-refractivity contribution in [1.82, 2.24) is 0 Å². The van der Waals surface area contributed by atoms with E-state index in [4.69, 9.17) is 5.73 Å². The summed E-state index contributed by atoms with van der Waals surface area (Å²) < 4.78 is 0.134. The summed E-state index contributed by atoms with van der Waals surface area (Å²) >= 11 is 6.90. The maximum Gasteiger partial charge on any atom is 0.136 e. The van der Waals surface area contributed by atoms with E-state index in [0.29, 0.717) is 3.92 Å². The van der Waals surface area contributed by atoms with Crippen molar-refractivity contribution in [3.8, 4) is 0 Å². The summed E-state index contributed by atoms with van der Waals surface area (Å²) in [5, 5.41) is 0. The zero-order chi connectivity index (χ0) is 9.19. The van der Waals surface area contributed by atoms with Crippen LogP contribution in [0.1, 0.15) is 9.49 Å². The van der Waals surface area contributed by atoms with Crippen LogP contribution in [0.3, 0.4) is 0 Å². The van der Waals surface area contributed by atoms with E-state index in [1.54, 1.807) is 0 Å². The molecule has 2 N–H and O–H groups in total. The molecule has 0 heterocycles. The first-order chi connectivity index (χ1) is 5.52. The molecule has 0 bridgehead atoms. The van der Waals surface area contributed by atoms with Gasteiger partial charge in [0.05, 0.1) is 3.92 Å². The lowest BCUT2D eigenvalue weighted by atomic mass is 10.2. The topological polar surface area (TPSA) is 26.0 Å². The summed E-state index contributed by atoms with van der Waals surface area (Å²) in [4.78, 5) is 0. The van der Waals surface area contributed by atoms with Crippen molar-refractivity contribution in [2.45, 2.75) is 5.48 Å². The molecule has 0 aliphatic carbocycles. The molecule has 0 saturated carbocycles. The maximum absolute atomic E-state index is 5.98. The molecule has 0 saturated heterocycles. The summed E-state index contributed by atoms with van der Waals surface area (Å²) in [5.74, 6) is 0. The number of benzene rings is 1. The van der Waals surface area contributed by atoms with Crippen LogP contribution in [-0.2, 0) is 0 Å². The van der Waals surface area contributed by atoms with Crippen molar-refractivity contribution < 1.29 is 0 Å². The molecular formula is C8H8I3N. The number of rotatable bonds is 2. The summed E-state index contributed by atoms with van der Waals surface area (Å²) in [6, 6.07) is 10.3. The van der Waals surface area contributed by atoms with E-state index in [0.717, 1.165) is 0 Å². The smallest absolute Gasteiger partial charge is 0.136 e. The van der Waals surface area contributed by atoms with E-state index in [9.17, 15) is 0 Å². The van der Waals surface area contributed by atoms with Gasteiger partial charge in [-0.3, -0.25) is 0 Å². The lowest BCUT2D eigenvalue weighted by molar-refractivity contribution is 0.914. The molecule has 0 aliphatic rings. The first kappa shape index (κ1) is 11.4. The summed E-state index contributed by atoms with van der Waals surface area (Å²) in [5.41, 5.74) is 7.26. The molecule has 1 aromatic carbocycles. The van der Waals surface area contributed by atoms with E-state index in [2.05, 4.69) is 79.9 Å². The Morgan fingerprint density at radius 3 is 2.08 bits per heavy atom. The van der Waals surface area contributed by atoms with Gasteiger partial charge in [0, 0.05) is 0 Å². The summed E-state index contributed by atoms with van der Waals surface area (Å²) in [7, 11) is 0. The number of nitrogens with two attached hydrogens (primary N) is 1. The highest BCUT2D eigenvalue weighted by molar-refractivity contribution is 14.2. The van der Waals surface area contributed by atoms with Gasteiger partial charge in [0.25, 0.3) is 0 Å². The lowest BCUT2D eigenvalue weighted by Gasteiger charge is -2.21. The monoisotopic (exact) mass is 499 g/mol. The molecule has 12 heavy (non-hydrogen) atoms. The molecule has 0 fully saturated rings. The number of hydrogen-bond acceptors (Lipinski definition) is 1. The van der Waals surface area contributed by atoms with Gasteiger partial charge in [0.15, 0.2) is 0 Å². The zero-order valence-electron chi connectivity index (χ0n) is 6.18. The van der Waals surface area contributed by atoms with Crippen molar-refractivity contribution in [3.63, 3.8) is 0 Å². The van der Waals surface area contributed by atoms with Crippen LogP contribution < -0.4 is 5.73 Å². The third kappa shape index (κ3) is 3.26. The van der Waals surface area contributed by atoms with Crippen molar-refractivity contribution in [1.29, 1.82) is 0 Å². The van der Waals surface area contributed by atoms with Crippen molar-refractivity contribution in [2.75, 3.05) is 0 Å². The Hall–Kier alpha value is 1.37. The van der Waals surface area contributed by atoms with Crippen LogP contribution in [-0.4, -0.2) is 1.55 Å². The van der Waals surface area contributed by atoms with Gasteiger partial charge >= 0.3 is 0 Å². The van der Waals surface area contributed by atoms with E-state index >= 15 is 0 Å². The van der Waals surface area contributed by atoms with Crippen LogP contribution in [0.4, 0.5) is 0 Å². The Bertz CT molecular complexity index is 242. The van der Waals surface area contributed by atoms with Crippen molar-refractivity contribution >= 4 is 67.8 Å². The maximum atomic E-state index is 5.98. The number of hydrogen-bond donors (Lipinski definition) is 1. The molecule has 1 rings (SSSR count). The van der Waals surface area contributed by atoms with E-state index < -0.39 is 0 Å². The first-order valence-electron chi connectivity index (χ1n) is 3.37. The lowest BCUT2D eigenvalue weighted by Crippen LogP contribution is -2.28. The van der Waals surface area contributed by atoms with Crippen LogP contribution in [0.15, 0.2) is 30.3 Å². The van der Waals surface area contributed by atoms with Crippen LogP contribution >= 0.6 is 67.8 Å². The molecule has 0 amide bonds. The molecule has 0 aromatic heterocycles. The largest absolute Gasteiger partial charge is 0.308 e. The Kier molecular flexibility index (Phi) is 4.52. The third-order valence-electron chi connectivity index (χ3n) is 1.43. The molecule has 0 radical (unpaired) electrons. The Balaban J connectivity index is 2.86. The number of halogens is 3. The summed E-state index contributed by atoms with van der Waals surface area (Å²) in [6.07, 6.45) is 0. The molecule has 66 valence electrons. The first-order valence-corrected chi connectivity index (χ1v) is 6.78. The average molecular weight is 499 g/mol. The zero-order valence-corrected chi connectivity index (χ0v) is 12.6. The van der Waals surface area contributed by atoms with Crippen LogP contribution in [0.2, 0.25) is 0 Å². The molecular weight excluding hydrogens is 491 g/mol. The minimum atomic E-state index is -0.211. The fourth-order valence-corrected chi connectivity index (χ4v) is 1.98. The van der Waals surface area contributed by atoms with Crippen molar-refractivity contribution in [2.24, 2.45) is 5.73 Å². The van der Waals surface area contributed by atoms with Crippen LogP contribution in [0.25, 0.3) is 0 Å². The predicted octanol–water partition coefficient (Wildman–Crippen LogP) is 3.65. The highest BCUT2D eigenvalue weighted by Gasteiger charge is 2.27. The van der Waals surface area contributed by atoms with E-state index in [1.807, 2.05) is 18.2 Å². The van der Waals surface area contributed by atoms with E-state index in [-0.39, 0.29) is 1.55 Å². The van der Waals surface area contributed by atoms with Gasteiger partial charge in [-0.15, -0.1) is 0 Å². The molecule has 0 aliphatic heterocycles. The molecule has 1 nitrogen and oxygen atoms in total. The SMILES string of the molecule is NC(I)(I)C(I)c1ccccc1. The van der Waals surface area contributed by atoms with Gasteiger partial charge in [-0.25, -0.2) is 0 Å². The molecule has 0 spiro atoms. The fourth-order valence-electron chi connectivity index (χ4n) is 0.844. The predicted molar refractivity (Wildman–Crippen MR) is 78.2 cm³/mol.